The first-order chi connectivity index (χ1) is 10.2. The number of anilines is 1. The number of nitrogens with zero attached hydrogens (tertiary/aromatic N) is 1. The molecule has 0 fully saturated rings. The summed E-state index contributed by atoms with van der Waals surface area (Å²) in [5.74, 6) is 1.35. The van der Waals surface area contributed by atoms with Crippen molar-refractivity contribution >= 4 is 21.6 Å². The third-order valence-corrected chi connectivity index (χ3v) is 3.57. The molecule has 0 aromatic heterocycles. The maximum absolute atomic E-state index is 8.90. The largest absolute Gasteiger partial charge is 0.493 e. The molecule has 0 amide bonds. The number of ether oxygens (including phenoxy) is 2. The average molecular weight is 347 g/mol. The molecule has 2 rings (SSSR count). The number of methoxy groups -OCH3 is 2. The van der Waals surface area contributed by atoms with Crippen LogP contribution in [0.1, 0.15) is 11.1 Å². The summed E-state index contributed by atoms with van der Waals surface area (Å²) in [6.45, 7) is 0.619. The lowest BCUT2D eigenvalue weighted by molar-refractivity contribution is 0.352. The monoisotopic (exact) mass is 346 g/mol. The summed E-state index contributed by atoms with van der Waals surface area (Å²) in [5.41, 5.74) is 2.58. The van der Waals surface area contributed by atoms with Crippen molar-refractivity contribution < 1.29 is 9.47 Å². The van der Waals surface area contributed by atoms with Crippen LogP contribution in [-0.2, 0) is 6.54 Å². The van der Waals surface area contributed by atoms with Gasteiger partial charge in [0, 0.05) is 12.2 Å². The minimum Gasteiger partial charge on any atom is -0.493 e. The van der Waals surface area contributed by atoms with Gasteiger partial charge in [0.25, 0.3) is 0 Å². The molecule has 0 radical (unpaired) electrons. The number of nitrogens with one attached hydrogen (secondary N) is 1. The van der Waals surface area contributed by atoms with Gasteiger partial charge in [-0.2, -0.15) is 5.26 Å². The van der Waals surface area contributed by atoms with Gasteiger partial charge in [-0.15, -0.1) is 0 Å². The number of rotatable bonds is 5. The van der Waals surface area contributed by atoms with Crippen molar-refractivity contribution in [2.45, 2.75) is 6.54 Å². The van der Waals surface area contributed by atoms with Crippen molar-refractivity contribution in [1.29, 1.82) is 5.26 Å². The number of benzene rings is 2. The van der Waals surface area contributed by atoms with Gasteiger partial charge in [0.15, 0.2) is 11.5 Å². The SMILES string of the molecule is COc1cc(CNc2cccc(C#N)c2)cc(Br)c1OC. The molecule has 2 aromatic rings. The smallest absolute Gasteiger partial charge is 0.174 e. The molecule has 0 aliphatic heterocycles. The van der Waals surface area contributed by atoms with Crippen molar-refractivity contribution in [3.63, 3.8) is 0 Å². The predicted molar refractivity (Wildman–Crippen MR) is 85.7 cm³/mol. The molecule has 0 heterocycles. The number of halogens is 1. The summed E-state index contributed by atoms with van der Waals surface area (Å²) in [4.78, 5) is 0. The third kappa shape index (κ3) is 3.67. The molecule has 0 atom stereocenters. The fourth-order valence-corrected chi connectivity index (χ4v) is 2.63. The first kappa shape index (κ1) is 15.2. The van der Waals surface area contributed by atoms with E-state index < -0.39 is 0 Å². The quantitative estimate of drug-likeness (QED) is 0.890. The summed E-state index contributed by atoms with van der Waals surface area (Å²) in [6, 6.07) is 13.4. The molecule has 0 saturated heterocycles. The predicted octanol–water partition coefficient (Wildman–Crippen LogP) is 3.95. The van der Waals surface area contributed by atoms with E-state index in [0.29, 0.717) is 23.6 Å². The van der Waals surface area contributed by atoms with Crippen LogP contribution in [0, 0.1) is 11.3 Å². The van der Waals surface area contributed by atoms with Crippen LogP contribution in [0.15, 0.2) is 40.9 Å². The summed E-state index contributed by atoms with van der Waals surface area (Å²) in [5, 5.41) is 12.2. The molecule has 0 spiro atoms. The van der Waals surface area contributed by atoms with Crippen molar-refractivity contribution in [3.8, 4) is 17.6 Å². The second kappa shape index (κ2) is 7.00. The molecule has 21 heavy (non-hydrogen) atoms. The number of hydrogen-bond donors (Lipinski definition) is 1. The van der Waals surface area contributed by atoms with E-state index in [1.54, 1.807) is 20.3 Å². The van der Waals surface area contributed by atoms with Gasteiger partial charge >= 0.3 is 0 Å². The Hall–Kier alpha value is -2.19. The van der Waals surface area contributed by atoms with Crippen LogP contribution in [0.25, 0.3) is 0 Å². The van der Waals surface area contributed by atoms with Crippen LogP contribution in [0.3, 0.4) is 0 Å². The van der Waals surface area contributed by atoms with Crippen LogP contribution in [0.5, 0.6) is 11.5 Å². The first-order valence-corrected chi connectivity index (χ1v) is 7.11. The van der Waals surface area contributed by atoms with E-state index in [9.17, 15) is 0 Å². The zero-order valence-corrected chi connectivity index (χ0v) is 13.4. The zero-order valence-electron chi connectivity index (χ0n) is 11.8. The Kier molecular flexibility index (Phi) is 5.07. The van der Waals surface area contributed by atoms with E-state index in [1.165, 1.54) is 0 Å². The molecular weight excluding hydrogens is 332 g/mol. The fourth-order valence-electron chi connectivity index (χ4n) is 1.98. The Labute approximate surface area is 132 Å². The highest BCUT2D eigenvalue weighted by Gasteiger charge is 2.10. The van der Waals surface area contributed by atoms with E-state index in [4.69, 9.17) is 14.7 Å². The highest BCUT2D eigenvalue weighted by molar-refractivity contribution is 9.10. The minimum absolute atomic E-state index is 0.619. The molecular formula is C16H15BrN2O2. The summed E-state index contributed by atoms with van der Waals surface area (Å²) in [6.07, 6.45) is 0. The van der Waals surface area contributed by atoms with E-state index in [0.717, 1.165) is 15.7 Å². The Balaban J connectivity index is 2.16. The van der Waals surface area contributed by atoms with Gasteiger partial charge in [0.05, 0.1) is 30.3 Å². The molecule has 0 aliphatic carbocycles. The molecule has 5 heteroatoms. The maximum Gasteiger partial charge on any atom is 0.174 e. The Morgan fingerprint density at radius 1 is 1.19 bits per heavy atom. The van der Waals surface area contributed by atoms with Gasteiger partial charge in [-0.1, -0.05) is 6.07 Å². The molecule has 0 unspecified atom stereocenters. The number of nitriles is 1. The molecule has 0 saturated carbocycles. The lowest BCUT2D eigenvalue weighted by Gasteiger charge is -2.13. The zero-order chi connectivity index (χ0) is 15.2. The van der Waals surface area contributed by atoms with E-state index in [1.807, 2.05) is 30.3 Å². The van der Waals surface area contributed by atoms with Crippen LogP contribution in [-0.4, -0.2) is 14.2 Å². The highest BCUT2D eigenvalue weighted by Crippen LogP contribution is 2.36. The average Bonchev–Trinajstić information content (AvgIpc) is 2.52. The van der Waals surface area contributed by atoms with E-state index in [2.05, 4.69) is 27.3 Å². The maximum atomic E-state index is 8.90. The van der Waals surface area contributed by atoms with Gasteiger partial charge in [0.1, 0.15) is 0 Å². The Morgan fingerprint density at radius 2 is 2.00 bits per heavy atom. The van der Waals surface area contributed by atoms with E-state index >= 15 is 0 Å². The second-order valence-corrected chi connectivity index (χ2v) is 5.21. The third-order valence-electron chi connectivity index (χ3n) is 2.98. The first-order valence-electron chi connectivity index (χ1n) is 6.32. The summed E-state index contributed by atoms with van der Waals surface area (Å²) >= 11 is 3.47. The van der Waals surface area contributed by atoms with Gasteiger partial charge in [-0.05, 0) is 51.8 Å². The van der Waals surface area contributed by atoms with Crippen molar-refractivity contribution in [2.75, 3.05) is 19.5 Å². The Bertz CT molecular complexity index is 680. The fraction of sp³-hybridized carbons (Fsp3) is 0.188. The van der Waals surface area contributed by atoms with Crippen LogP contribution in [0.2, 0.25) is 0 Å². The molecule has 1 N–H and O–H groups in total. The van der Waals surface area contributed by atoms with E-state index in [-0.39, 0.29) is 0 Å². The Morgan fingerprint density at radius 3 is 2.67 bits per heavy atom. The second-order valence-electron chi connectivity index (χ2n) is 4.36. The van der Waals surface area contributed by atoms with Gasteiger partial charge < -0.3 is 14.8 Å². The standard InChI is InChI=1S/C16H15BrN2O2/c1-20-15-8-12(7-14(17)16(15)21-2)10-19-13-5-3-4-11(6-13)9-18/h3-8,19H,10H2,1-2H3. The molecule has 4 nitrogen and oxygen atoms in total. The summed E-state index contributed by atoms with van der Waals surface area (Å²) < 4.78 is 11.4. The van der Waals surface area contributed by atoms with Crippen LogP contribution < -0.4 is 14.8 Å². The molecule has 0 bridgehead atoms. The van der Waals surface area contributed by atoms with Crippen LogP contribution >= 0.6 is 15.9 Å². The molecule has 2 aromatic carbocycles. The molecule has 108 valence electrons. The van der Waals surface area contributed by atoms with Gasteiger partial charge in [-0.3, -0.25) is 0 Å². The van der Waals surface area contributed by atoms with Crippen molar-refractivity contribution in [2.24, 2.45) is 0 Å². The van der Waals surface area contributed by atoms with Gasteiger partial charge in [0.2, 0.25) is 0 Å². The van der Waals surface area contributed by atoms with Crippen LogP contribution in [0.4, 0.5) is 5.69 Å². The van der Waals surface area contributed by atoms with Gasteiger partial charge in [-0.25, -0.2) is 0 Å². The highest BCUT2D eigenvalue weighted by atomic mass is 79.9. The topological polar surface area (TPSA) is 54.3 Å². The lowest BCUT2D eigenvalue weighted by atomic mass is 10.1. The minimum atomic E-state index is 0.619. The normalized spacial score (nSPS) is 9.81. The van der Waals surface area contributed by atoms with Crippen molar-refractivity contribution in [1.82, 2.24) is 0 Å². The van der Waals surface area contributed by atoms with Crippen molar-refractivity contribution in [3.05, 3.63) is 52.0 Å². The number of hydrogen-bond acceptors (Lipinski definition) is 4. The molecule has 0 aliphatic rings. The summed E-state index contributed by atoms with van der Waals surface area (Å²) in [7, 11) is 3.21. The lowest BCUT2D eigenvalue weighted by Crippen LogP contribution is -2.01.